The Labute approximate surface area is 144 Å². The lowest BCUT2D eigenvalue weighted by Gasteiger charge is -2.42. The van der Waals surface area contributed by atoms with Gasteiger partial charge < -0.3 is 30.1 Å². The van der Waals surface area contributed by atoms with E-state index in [-0.39, 0.29) is 0 Å². The van der Waals surface area contributed by atoms with Gasteiger partial charge in [-0.2, -0.15) is 0 Å². The Morgan fingerprint density at radius 3 is 2.80 bits per heavy atom. The molecule has 0 aliphatic carbocycles. The van der Waals surface area contributed by atoms with Crippen LogP contribution in [-0.2, 0) is 9.53 Å². The topological polar surface area (TPSA) is 121 Å². The largest absolute Gasteiger partial charge is 0.463 e. The molecular weight excluding hydrogens is 328 g/mol. The number of benzene rings is 1. The van der Waals surface area contributed by atoms with Gasteiger partial charge in [-0.15, -0.1) is 0 Å². The molecule has 0 bridgehead atoms. The summed E-state index contributed by atoms with van der Waals surface area (Å²) in [6, 6.07) is 6.15. The maximum absolute atomic E-state index is 11.4. The van der Waals surface area contributed by atoms with Crippen molar-refractivity contribution in [3.63, 3.8) is 0 Å². The zero-order chi connectivity index (χ0) is 18.0. The highest BCUT2D eigenvalue weighted by molar-refractivity contribution is 5.82. The molecule has 1 fully saturated rings. The molecule has 3 rings (SSSR count). The van der Waals surface area contributed by atoms with Crippen molar-refractivity contribution in [1.82, 2.24) is 10.3 Å². The molecule has 8 heteroatoms. The number of rotatable bonds is 4. The lowest BCUT2D eigenvalue weighted by atomic mass is 9.97. The van der Waals surface area contributed by atoms with Gasteiger partial charge in [0.15, 0.2) is 0 Å². The summed E-state index contributed by atoms with van der Waals surface area (Å²) in [4.78, 5) is 15.5. The predicted molar refractivity (Wildman–Crippen MR) is 87.7 cm³/mol. The fourth-order valence-electron chi connectivity index (χ4n) is 2.84. The van der Waals surface area contributed by atoms with E-state index in [1.807, 2.05) is 12.1 Å². The van der Waals surface area contributed by atoms with E-state index in [0.717, 1.165) is 10.8 Å². The summed E-state index contributed by atoms with van der Waals surface area (Å²) in [7, 11) is 0. The minimum absolute atomic E-state index is 0.402. The number of hydrogen-bond donors (Lipinski definition) is 4. The predicted octanol–water partition coefficient (Wildman–Crippen LogP) is -0.443. The SMILES string of the molecule is CC(=O)NC1C(Oc2ccc3cnccc3c2)OC(CO)C(O)C1O. The standard InChI is InChI=1S/C17H20N2O6/c1-9(21)19-14-16(23)15(22)13(8-20)25-17(14)24-12-3-2-11-7-18-5-4-10(11)6-12/h2-7,13-17,20,22-23H,8H2,1H3,(H,19,21). The van der Waals surface area contributed by atoms with Crippen LogP contribution in [0.3, 0.4) is 0 Å². The summed E-state index contributed by atoms with van der Waals surface area (Å²) in [6.07, 6.45) is -1.40. The number of amides is 1. The van der Waals surface area contributed by atoms with E-state index in [0.29, 0.717) is 5.75 Å². The second-order valence-electron chi connectivity index (χ2n) is 5.94. The minimum atomic E-state index is -1.34. The first kappa shape index (κ1) is 17.6. The van der Waals surface area contributed by atoms with Crippen LogP contribution in [0.4, 0.5) is 0 Å². The van der Waals surface area contributed by atoms with Crippen molar-refractivity contribution < 1.29 is 29.6 Å². The first-order chi connectivity index (χ1) is 12.0. The molecular formula is C17H20N2O6. The molecule has 25 heavy (non-hydrogen) atoms. The van der Waals surface area contributed by atoms with Gasteiger partial charge in [-0.05, 0) is 29.7 Å². The molecule has 1 aromatic carbocycles. The molecule has 0 saturated carbocycles. The van der Waals surface area contributed by atoms with Gasteiger partial charge in [-0.1, -0.05) is 0 Å². The Kier molecular flexibility index (Phi) is 5.14. The zero-order valence-corrected chi connectivity index (χ0v) is 13.6. The van der Waals surface area contributed by atoms with Gasteiger partial charge in [0, 0.05) is 24.7 Å². The van der Waals surface area contributed by atoms with Gasteiger partial charge in [-0.3, -0.25) is 9.78 Å². The maximum atomic E-state index is 11.4. The molecule has 8 nitrogen and oxygen atoms in total. The van der Waals surface area contributed by atoms with E-state index in [4.69, 9.17) is 9.47 Å². The number of aromatic nitrogens is 1. The lowest BCUT2D eigenvalue weighted by molar-refractivity contribution is -0.244. The van der Waals surface area contributed by atoms with Crippen LogP contribution >= 0.6 is 0 Å². The van der Waals surface area contributed by atoms with Crippen molar-refractivity contribution in [2.45, 2.75) is 37.6 Å². The van der Waals surface area contributed by atoms with Gasteiger partial charge in [0.1, 0.15) is 30.1 Å². The summed E-state index contributed by atoms with van der Waals surface area (Å²) in [5, 5.41) is 33.9. The van der Waals surface area contributed by atoms with Gasteiger partial charge in [-0.25, -0.2) is 0 Å². The van der Waals surface area contributed by atoms with Crippen molar-refractivity contribution in [3.8, 4) is 5.75 Å². The number of carbonyl (C=O) groups excluding carboxylic acids is 1. The third-order valence-corrected chi connectivity index (χ3v) is 4.12. The zero-order valence-electron chi connectivity index (χ0n) is 13.6. The first-order valence-electron chi connectivity index (χ1n) is 7.89. The Morgan fingerprint density at radius 1 is 1.28 bits per heavy atom. The third kappa shape index (κ3) is 3.72. The number of carbonyl (C=O) groups is 1. The summed E-state index contributed by atoms with van der Waals surface area (Å²) in [5.74, 6) is 0.0554. The first-order valence-corrected chi connectivity index (χ1v) is 7.89. The molecule has 1 aliphatic heterocycles. The Morgan fingerprint density at radius 2 is 2.08 bits per heavy atom. The van der Waals surface area contributed by atoms with E-state index in [1.165, 1.54) is 6.92 Å². The van der Waals surface area contributed by atoms with Gasteiger partial charge in [0.05, 0.1) is 6.61 Å². The molecule has 1 saturated heterocycles. The van der Waals surface area contributed by atoms with Crippen molar-refractivity contribution >= 4 is 16.7 Å². The van der Waals surface area contributed by atoms with E-state index in [1.54, 1.807) is 24.5 Å². The van der Waals surface area contributed by atoms with E-state index < -0.39 is 43.2 Å². The molecule has 4 N–H and O–H groups in total. The second-order valence-corrected chi connectivity index (χ2v) is 5.94. The number of nitrogens with one attached hydrogen (secondary N) is 1. The quantitative estimate of drug-likeness (QED) is 0.591. The summed E-state index contributed by atoms with van der Waals surface area (Å²) >= 11 is 0. The molecule has 1 aliphatic rings. The molecule has 0 radical (unpaired) electrons. The van der Waals surface area contributed by atoms with Crippen molar-refractivity contribution in [2.75, 3.05) is 6.61 Å². The highest BCUT2D eigenvalue weighted by Crippen LogP contribution is 2.26. The summed E-state index contributed by atoms with van der Waals surface area (Å²) < 4.78 is 11.3. The molecule has 5 unspecified atom stereocenters. The fraction of sp³-hybridized carbons (Fsp3) is 0.412. The van der Waals surface area contributed by atoms with Crippen LogP contribution < -0.4 is 10.1 Å². The monoisotopic (exact) mass is 348 g/mol. The fourth-order valence-corrected chi connectivity index (χ4v) is 2.84. The van der Waals surface area contributed by atoms with Crippen LogP contribution in [0.2, 0.25) is 0 Å². The number of aliphatic hydroxyl groups excluding tert-OH is 3. The van der Waals surface area contributed by atoms with Crippen LogP contribution in [0.5, 0.6) is 5.75 Å². The maximum Gasteiger partial charge on any atom is 0.223 e. The van der Waals surface area contributed by atoms with Crippen LogP contribution in [0.25, 0.3) is 10.8 Å². The normalized spacial score (nSPS) is 29.4. The average Bonchev–Trinajstić information content (AvgIpc) is 2.61. The number of hydrogen-bond acceptors (Lipinski definition) is 7. The van der Waals surface area contributed by atoms with Crippen molar-refractivity contribution in [2.24, 2.45) is 0 Å². The molecule has 1 amide bonds. The van der Waals surface area contributed by atoms with E-state index >= 15 is 0 Å². The smallest absolute Gasteiger partial charge is 0.223 e. The highest BCUT2D eigenvalue weighted by atomic mass is 16.7. The Hall–Kier alpha value is -2.26. The van der Waals surface area contributed by atoms with Crippen LogP contribution in [-0.4, -0.2) is 63.5 Å². The average molecular weight is 348 g/mol. The highest BCUT2D eigenvalue weighted by Gasteiger charge is 2.46. The Balaban J connectivity index is 1.86. The molecule has 0 spiro atoms. The summed E-state index contributed by atoms with van der Waals surface area (Å²) in [6.45, 7) is 0.797. The van der Waals surface area contributed by atoms with Gasteiger partial charge in [0.2, 0.25) is 12.2 Å². The third-order valence-electron chi connectivity index (χ3n) is 4.12. The lowest BCUT2D eigenvalue weighted by Crippen LogP contribution is -2.65. The van der Waals surface area contributed by atoms with Crippen molar-refractivity contribution in [3.05, 3.63) is 36.7 Å². The van der Waals surface area contributed by atoms with E-state index in [2.05, 4.69) is 10.3 Å². The van der Waals surface area contributed by atoms with E-state index in [9.17, 15) is 20.1 Å². The number of fused-ring (bicyclic) bond motifs is 1. The molecule has 2 heterocycles. The molecule has 134 valence electrons. The van der Waals surface area contributed by atoms with Crippen LogP contribution in [0, 0.1) is 0 Å². The number of pyridine rings is 1. The van der Waals surface area contributed by atoms with Gasteiger partial charge >= 0.3 is 0 Å². The number of aliphatic hydroxyl groups is 3. The van der Waals surface area contributed by atoms with Gasteiger partial charge in [0.25, 0.3) is 0 Å². The van der Waals surface area contributed by atoms with Crippen LogP contribution in [0.1, 0.15) is 6.92 Å². The van der Waals surface area contributed by atoms with Crippen molar-refractivity contribution in [1.29, 1.82) is 0 Å². The Bertz CT molecular complexity index is 755. The second kappa shape index (κ2) is 7.32. The molecule has 5 atom stereocenters. The number of nitrogens with zero attached hydrogens (tertiary/aromatic N) is 1. The number of ether oxygens (including phenoxy) is 2. The van der Waals surface area contributed by atoms with Crippen LogP contribution in [0.15, 0.2) is 36.7 Å². The molecule has 2 aromatic rings. The molecule has 1 aromatic heterocycles. The summed E-state index contributed by atoms with van der Waals surface area (Å²) in [5.41, 5.74) is 0. The minimum Gasteiger partial charge on any atom is -0.463 e.